The number of benzene rings is 1. The summed E-state index contributed by atoms with van der Waals surface area (Å²) in [5, 5.41) is 4.26. The van der Waals surface area contributed by atoms with Gasteiger partial charge in [-0.05, 0) is 12.1 Å². The number of rotatable bonds is 5. The molecular weight excluding hydrogens is 495 g/mol. The van der Waals surface area contributed by atoms with Crippen molar-refractivity contribution in [2.45, 2.75) is 12.8 Å². The molecule has 15 heteroatoms. The largest absolute Gasteiger partial charge is 0.759 e. The van der Waals surface area contributed by atoms with E-state index in [1.165, 1.54) is 17.5 Å². The van der Waals surface area contributed by atoms with Gasteiger partial charge >= 0.3 is 18.3 Å². The van der Waals surface area contributed by atoms with E-state index in [-0.39, 0.29) is 37.7 Å². The number of aliphatic imine (C=N–C) groups is 1. The van der Waals surface area contributed by atoms with Crippen LogP contribution in [0.3, 0.4) is 0 Å². The van der Waals surface area contributed by atoms with Crippen LogP contribution in [0.15, 0.2) is 39.8 Å². The zero-order valence-electron chi connectivity index (χ0n) is 15.5. The minimum absolute atomic E-state index is 0.125. The number of carbonyl (C=O) groups excluding carboxylic acids is 3. The van der Waals surface area contributed by atoms with E-state index in [1.807, 2.05) is 0 Å². The number of amides is 4. The molecule has 168 valence electrons. The molecule has 32 heavy (non-hydrogen) atoms. The molecule has 0 radical (unpaired) electrons. The number of ether oxygens (including phenoxy) is 1. The van der Waals surface area contributed by atoms with E-state index in [9.17, 15) is 27.6 Å². The SMILES string of the molecule is NC(CC(=O)Nc1nc(-c2ccc(Cl)c(OC(F)(F)F)c2)cs1)=C1C(=O)[NH2+]C(=O)N=C1[S-]. The summed E-state index contributed by atoms with van der Waals surface area (Å²) >= 11 is 11.6. The number of thiazole rings is 1. The minimum Gasteiger partial charge on any atom is -0.759 e. The van der Waals surface area contributed by atoms with Crippen molar-refractivity contribution in [1.82, 2.24) is 4.98 Å². The Hall–Kier alpha value is -3.07. The van der Waals surface area contributed by atoms with Gasteiger partial charge in [-0.25, -0.2) is 14.6 Å². The van der Waals surface area contributed by atoms with Crippen LogP contribution in [0.4, 0.5) is 23.1 Å². The number of imide groups is 1. The van der Waals surface area contributed by atoms with Gasteiger partial charge in [-0.15, -0.1) is 24.5 Å². The van der Waals surface area contributed by atoms with E-state index in [4.69, 9.17) is 30.0 Å². The van der Waals surface area contributed by atoms with Gasteiger partial charge in [-0.1, -0.05) is 22.7 Å². The molecule has 0 fully saturated rings. The summed E-state index contributed by atoms with van der Waals surface area (Å²) in [5.41, 5.74) is 5.95. The quantitative estimate of drug-likeness (QED) is 0.417. The summed E-state index contributed by atoms with van der Waals surface area (Å²) < 4.78 is 41.4. The number of aromatic nitrogens is 1. The highest BCUT2D eigenvalue weighted by molar-refractivity contribution is 7.78. The molecular formula is C17H11ClF3N5O4S2. The first-order chi connectivity index (χ1) is 14.9. The maximum atomic E-state index is 12.5. The zero-order valence-corrected chi connectivity index (χ0v) is 17.9. The van der Waals surface area contributed by atoms with E-state index < -0.39 is 36.4 Å². The number of alkyl halides is 3. The van der Waals surface area contributed by atoms with Crippen molar-refractivity contribution in [3.05, 3.63) is 39.9 Å². The second kappa shape index (κ2) is 9.20. The van der Waals surface area contributed by atoms with Gasteiger partial charge in [0.25, 0.3) is 0 Å². The molecule has 0 saturated carbocycles. The highest BCUT2D eigenvalue weighted by Gasteiger charge is 2.32. The standard InChI is InChI=1S/C17H11ClF3N5O4S2/c18-7-2-1-6(3-10(7)30-17(19,20)21)9-5-32-16(23-9)24-11(27)4-8(22)12-13(28)25-15(29)26-14(12)31/h1-3,5H,4,22H2,(H,23,24,27)(H2,25,26,28,29,31). The molecule has 0 aliphatic carbocycles. The second-order valence-electron chi connectivity index (χ2n) is 6.12. The number of halogens is 4. The Morgan fingerprint density at radius 1 is 1.34 bits per heavy atom. The van der Waals surface area contributed by atoms with Gasteiger partial charge in [-0.2, -0.15) is 10.3 Å². The molecule has 0 spiro atoms. The molecule has 1 aliphatic rings. The first-order valence-corrected chi connectivity index (χ1v) is 10.1. The van der Waals surface area contributed by atoms with E-state index >= 15 is 0 Å². The lowest BCUT2D eigenvalue weighted by atomic mass is 10.1. The summed E-state index contributed by atoms with van der Waals surface area (Å²) in [6.07, 6.45) is -5.35. The van der Waals surface area contributed by atoms with Gasteiger partial charge in [-0.3, -0.25) is 4.79 Å². The molecule has 1 aromatic heterocycles. The Kier molecular flexibility index (Phi) is 6.78. The molecule has 3 rings (SSSR count). The van der Waals surface area contributed by atoms with Crippen LogP contribution in [0.25, 0.3) is 11.3 Å². The third-order valence-electron chi connectivity index (χ3n) is 3.80. The maximum Gasteiger partial charge on any atom is 0.573 e. The van der Waals surface area contributed by atoms with Gasteiger partial charge in [0.1, 0.15) is 5.75 Å². The fourth-order valence-corrected chi connectivity index (χ4v) is 3.74. The first-order valence-electron chi connectivity index (χ1n) is 8.41. The van der Waals surface area contributed by atoms with Crippen molar-refractivity contribution in [3.63, 3.8) is 0 Å². The van der Waals surface area contributed by atoms with Gasteiger partial charge in [0, 0.05) is 16.6 Å². The number of nitrogens with two attached hydrogens (primary N) is 2. The molecule has 2 aromatic rings. The molecule has 1 aliphatic heterocycles. The zero-order chi connectivity index (χ0) is 23.6. The molecule has 0 unspecified atom stereocenters. The Balaban J connectivity index is 1.73. The predicted molar refractivity (Wildman–Crippen MR) is 111 cm³/mol. The van der Waals surface area contributed by atoms with Crippen LogP contribution in [0.2, 0.25) is 5.02 Å². The Labute approximate surface area is 191 Å². The topological polar surface area (TPSA) is 140 Å². The molecule has 0 bridgehead atoms. The second-order valence-corrected chi connectivity index (χ2v) is 7.77. The number of anilines is 1. The number of nitrogens with zero attached hydrogens (tertiary/aromatic N) is 2. The van der Waals surface area contributed by atoms with Crippen LogP contribution in [-0.2, 0) is 22.2 Å². The van der Waals surface area contributed by atoms with Crippen molar-refractivity contribution in [2.75, 3.05) is 5.32 Å². The van der Waals surface area contributed by atoms with Crippen LogP contribution in [-0.4, -0.2) is 34.2 Å². The van der Waals surface area contributed by atoms with Gasteiger partial charge in [0.05, 0.1) is 22.7 Å². The summed E-state index contributed by atoms with van der Waals surface area (Å²) in [6.45, 7) is 0. The molecule has 0 saturated heterocycles. The lowest BCUT2D eigenvalue weighted by Gasteiger charge is -2.17. The van der Waals surface area contributed by atoms with Crippen LogP contribution >= 0.6 is 22.9 Å². The third-order valence-corrected chi connectivity index (χ3v) is 5.17. The average molecular weight is 506 g/mol. The third kappa shape index (κ3) is 5.79. The number of primary amides is 2. The fraction of sp³-hybridized carbons (Fsp3) is 0.118. The smallest absolute Gasteiger partial charge is 0.573 e. The van der Waals surface area contributed by atoms with E-state index in [0.29, 0.717) is 5.32 Å². The van der Waals surface area contributed by atoms with Crippen LogP contribution in [0.5, 0.6) is 5.75 Å². The number of hydrogen-bond donors (Lipinski definition) is 3. The van der Waals surface area contributed by atoms with Crippen molar-refractivity contribution in [2.24, 2.45) is 10.7 Å². The fourth-order valence-electron chi connectivity index (χ4n) is 2.53. The lowest BCUT2D eigenvalue weighted by Crippen LogP contribution is -2.92. The first kappa shape index (κ1) is 23.6. The monoisotopic (exact) mass is 505 g/mol. The van der Waals surface area contributed by atoms with Crippen molar-refractivity contribution in [3.8, 4) is 17.0 Å². The van der Waals surface area contributed by atoms with Crippen LogP contribution in [0.1, 0.15) is 6.42 Å². The van der Waals surface area contributed by atoms with Gasteiger partial charge < -0.3 is 28.4 Å². The number of quaternary nitrogens is 1. The normalized spacial score (nSPS) is 15.9. The predicted octanol–water partition coefficient (Wildman–Crippen LogP) is 2.07. The molecule has 2 heterocycles. The number of urea groups is 1. The van der Waals surface area contributed by atoms with Crippen LogP contribution < -0.4 is 21.1 Å². The number of hydrogen-bond acceptors (Lipinski definition) is 8. The summed E-state index contributed by atoms with van der Waals surface area (Å²) in [5.74, 6) is -1.97. The molecule has 4 amide bonds. The molecule has 9 nitrogen and oxygen atoms in total. The molecule has 1 aromatic carbocycles. The van der Waals surface area contributed by atoms with Crippen molar-refractivity contribution in [1.29, 1.82) is 0 Å². The Morgan fingerprint density at radius 2 is 2.06 bits per heavy atom. The number of nitrogens with one attached hydrogen (secondary N) is 1. The highest BCUT2D eigenvalue weighted by atomic mass is 35.5. The van der Waals surface area contributed by atoms with Crippen LogP contribution in [0, 0.1) is 0 Å². The van der Waals surface area contributed by atoms with E-state index in [2.05, 4.69) is 20.0 Å². The lowest BCUT2D eigenvalue weighted by molar-refractivity contribution is -0.464. The minimum atomic E-state index is -4.92. The summed E-state index contributed by atoms with van der Waals surface area (Å²) in [7, 11) is 0. The average Bonchev–Trinajstić information content (AvgIpc) is 3.09. The van der Waals surface area contributed by atoms with Crippen molar-refractivity contribution < 1.29 is 37.6 Å². The number of carbonyl (C=O) groups is 3. The summed E-state index contributed by atoms with van der Waals surface area (Å²) in [4.78, 5) is 42.9. The highest BCUT2D eigenvalue weighted by Crippen LogP contribution is 2.35. The molecule has 0 atom stereocenters. The summed E-state index contributed by atoms with van der Waals surface area (Å²) in [6, 6.07) is 2.92. The van der Waals surface area contributed by atoms with E-state index in [1.54, 1.807) is 0 Å². The van der Waals surface area contributed by atoms with Crippen molar-refractivity contribution >= 4 is 63.6 Å². The van der Waals surface area contributed by atoms with Gasteiger partial charge in [0.15, 0.2) is 5.13 Å². The maximum absolute atomic E-state index is 12.5. The Bertz CT molecular complexity index is 1180. The van der Waals surface area contributed by atoms with E-state index in [0.717, 1.165) is 17.4 Å². The van der Waals surface area contributed by atoms with Gasteiger partial charge in [0.2, 0.25) is 5.91 Å². The molecule has 5 N–H and O–H groups in total. The Morgan fingerprint density at radius 3 is 2.72 bits per heavy atom.